The Morgan fingerprint density at radius 2 is 2.12 bits per heavy atom. The van der Waals surface area contributed by atoms with E-state index in [-0.39, 0.29) is 11.1 Å². The number of imidazole rings is 1. The van der Waals surface area contributed by atoms with Gasteiger partial charge in [0.1, 0.15) is 18.2 Å². The van der Waals surface area contributed by atoms with Crippen molar-refractivity contribution in [3.63, 3.8) is 0 Å². The molecule has 2 aromatic heterocycles. The second-order valence-corrected chi connectivity index (χ2v) is 8.05. The molecule has 0 fully saturated rings. The van der Waals surface area contributed by atoms with Crippen molar-refractivity contribution in [3.8, 4) is 5.75 Å². The highest BCUT2D eigenvalue weighted by molar-refractivity contribution is 7.90. The van der Waals surface area contributed by atoms with Gasteiger partial charge in [0.15, 0.2) is 5.03 Å². The average molecular weight is 360 g/mol. The maximum Gasteiger partial charge on any atom is 0.287 e. The molecule has 0 radical (unpaired) electrons. The number of benzene rings is 1. The first-order chi connectivity index (χ1) is 11.9. The van der Waals surface area contributed by atoms with E-state index >= 15 is 0 Å². The summed E-state index contributed by atoms with van der Waals surface area (Å²) in [5.74, 6) is 1.45. The summed E-state index contributed by atoms with van der Waals surface area (Å²) in [6.45, 7) is 5.18. The highest BCUT2D eigenvalue weighted by Gasteiger charge is 2.25. The van der Waals surface area contributed by atoms with Crippen LogP contribution in [0.25, 0.3) is 10.9 Å². The lowest BCUT2D eigenvalue weighted by atomic mass is 10.0. The number of aromatic nitrogens is 3. The van der Waals surface area contributed by atoms with Gasteiger partial charge in [0.2, 0.25) is 0 Å². The topological polar surface area (TPSA) is 78.2 Å². The lowest BCUT2D eigenvalue weighted by molar-refractivity contribution is 0.325. The fourth-order valence-corrected chi connectivity index (χ4v) is 4.65. The minimum atomic E-state index is -3.75. The van der Waals surface area contributed by atoms with Gasteiger partial charge in [0.25, 0.3) is 10.0 Å². The lowest BCUT2D eigenvalue weighted by Crippen LogP contribution is -2.20. The van der Waals surface area contributed by atoms with Crippen molar-refractivity contribution in [2.24, 2.45) is 7.05 Å². The van der Waals surface area contributed by atoms with E-state index in [1.165, 1.54) is 10.2 Å². The van der Waals surface area contributed by atoms with E-state index in [1.54, 1.807) is 30.8 Å². The van der Waals surface area contributed by atoms with Crippen LogP contribution in [0.3, 0.4) is 0 Å². The van der Waals surface area contributed by atoms with Gasteiger partial charge in [-0.3, -0.25) is 0 Å². The number of ether oxygens (including phenoxy) is 1. The number of hydrogen-bond acceptors (Lipinski definition) is 5. The van der Waals surface area contributed by atoms with Crippen LogP contribution >= 0.6 is 0 Å². The second kappa shape index (κ2) is 5.60. The summed E-state index contributed by atoms with van der Waals surface area (Å²) in [5.41, 5.74) is 1.61. The molecule has 0 bridgehead atoms. The fourth-order valence-electron chi connectivity index (χ4n) is 3.27. The molecule has 132 valence electrons. The van der Waals surface area contributed by atoms with Gasteiger partial charge in [-0.15, -0.1) is 0 Å². The van der Waals surface area contributed by atoms with E-state index in [1.807, 2.05) is 12.1 Å². The minimum Gasteiger partial charge on any atom is -0.492 e. The summed E-state index contributed by atoms with van der Waals surface area (Å²) in [4.78, 5) is 4.18. The predicted molar refractivity (Wildman–Crippen MR) is 94.4 cm³/mol. The van der Waals surface area contributed by atoms with E-state index in [0.29, 0.717) is 17.9 Å². The molecule has 0 saturated heterocycles. The van der Waals surface area contributed by atoms with Crippen molar-refractivity contribution in [1.29, 1.82) is 0 Å². The van der Waals surface area contributed by atoms with Gasteiger partial charge in [-0.05, 0) is 32.0 Å². The maximum atomic E-state index is 13.0. The van der Waals surface area contributed by atoms with Crippen molar-refractivity contribution < 1.29 is 13.2 Å². The van der Waals surface area contributed by atoms with Crippen LogP contribution in [0.5, 0.6) is 5.75 Å². The van der Waals surface area contributed by atoms with Crippen molar-refractivity contribution in [2.45, 2.75) is 24.9 Å². The zero-order valence-corrected chi connectivity index (χ0v) is 15.2. The van der Waals surface area contributed by atoms with Crippen molar-refractivity contribution in [3.05, 3.63) is 42.0 Å². The molecule has 1 unspecified atom stereocenters. The Bertz CT molecular complexity index is 1050. The largest absolute Gasteiger partial charge is 0.492 e. The van der Waals surface area contributed by atoms with E-state index in [9.17, 15) is 8.42 Å². The first-order valence-electron chi connectivity index (χ1n) is 8.15. The molecule has 1 aliphatic rings. The molecule has 1 aromatic carbocycles. The van der Waals surface area contributed by atoms with E-state index in [4.69, 9.17) is 4.74 Å². The van der Waals surface area contributed by atoms with Crippen LogP contribution in [0.4, 0.5) is 0 Å². The summed E-state index contributed by atoms with van der Waals surface area (Å²) >= 11 is 0. The zero-order chi connectivity index (χ0) is 17.8. The highest BCUT2D eigenvalue weighted by atomic mass is 32.2. The van der Waals surface area contributed by atoms with Gasteiger partial charge in [-0.25, -0.2) is 8.96 Å². The third-order valence-corrected chi connectivity index (χ3v) is 6.25. The molecule has 25 heavy (non-hydrogen) atoms. The van der Waals surface area contributed by atoms with Crippen LogP contribution in [-0.2, 0) is 17.1 Å². The van der Waals surface area contributed by atoms with Gasteiger partial charge in [-0.1, -0.05) is 0 Å². The molecule has 4 rings (SSSR count). The van der Waals surface area contributed by atoms with Crippen LogP contribution in [0.15, 0.2) is 35.6 Å². The molecule has 0 spiro atoms. The van der Waals surface area contributed by atoms with Crippen LogP contribution in [-0.4, -0.2) is 35.1 Å². The standard InChI is InChI=1S/C17H20N4O3S/c1-11-17-13-6-8-21(14(13)4-5-15(17)24-9-7-18-11)25(22,23)16-10-20(3)12(2)19-16/h4-6,8,10-11,18H,7,9H2,1-3H3. The Balaban J connectivity index is 1.93. The highest BCUT2D eigenvalue weighted by Crippen LogP contribution is 2.35. The Kier molecular flexibility index (Phi) is 3.62. The van der Waals surface area contributed by atoms with Crippen molar-refractivity contribution in [1.82, 2.24) is 18.8 Å². The molecule has 1 N–H and O–H groups in total. The molecule has 0 amide bonds. The smallest absolute Gasteiger partial charge is 0.287 e. The zero-order valence-electron chi connectivity index (χ0n) is 14.4. The molecule has 8 heteroatoms. The summed E-state index contributed by atoms with van der Waals surface area (Å²) in [6, 6.07) is 5.54. The number of nitrogens with one attached hydrogen (secondary N) is 1. The molecule has 3 heterocycles. The van der Waals surface area contributed by atoms with Crippen LogP contribution in [0, 0.1) is 6.92 Å². The Hall–Kier alpha value is -2.32. The van der Waals surface area contributed by atoms with Crippen LogP contribution in [0.1, 0.15) is 24.4 Å². The summed E-state index contributed by atoms with van der Waals surface area (Å²) in [7, 11) is -1.98. The molecule has 7 nitrogen and oxygen atoms in total. The predicted octanol–water partition coefficient (Wildman–Crippen LogP) is 1.96. The van der Waals surface area contributed by atoms with Crippen molar-refractivity contribution >= 4 is 20.9 Å². The Morgan fingerprint density at radius 3 is 2.84 bits per heavy atom. The molecule has 1 aliphatic heterocycles. The lowest BCUT2D eigenvalue weighted by Gasteiger charge is -2.14. The van der Waals surface area contributed by atoms with E-state index in [0.717, 1.165) is 23.2 Å². The normalized spacial score (nSPS) is 18.0. The van der Waals surface area contributed by atoms with Gasteiger partial charge in [-0.2, -0.15) is 8.42 Å². The maximum absolute atomic E-state index is 13.0. The SMILES string of the molecule is Cc1nc(S(=O)(=O)n2ccc3c4c(ccc32)OCCNC4C)cn1C. The quantitative estimate of drug-likeness (QED) is 0.756. The van der Waals surface area contributed by atoms with Crippen molar-refractivity contribution in [2.75, 3.05) is 13.2 Å². The van der Waals surface area contributed by atoms with Gasteiger partial charge in [0.05, 0.1) is 5.52 Å². The molecular weight excluding hydrogens is 340 g/mol. The van der Waals surface area contributed by atoms with Gasteiger partial charge in [0, 0.05) is 43.0 Å². The number of rotatable bonds is 2. The minimum absolute atomic E-state index is 0.0439. The monoisotopic (exact) mass is 360 g/mol. The third-order valence-electron chi connectivity index (χ3n) is 4.69. The molecule has 1 atom stereocenters. The number of hydrogen-bond donors (Lipinski definition) is 1. The Morgan fingerprint density at radius 1 is 1.32 bits per heavy atom. The summed E-state index contributed by atoms with van der Waals surface area (Å²) in [5, 5.41) is 4.30. The molecule has 0 aliphatic carbocycles. The number of fused-ring (bicyclic) bond motifs is 3. The third kappa shape index (κ3) is 2.44. The van der Waals surface area contributed by atoms with Crippen LogP contribution < -0.4 is 10.1 Å². The second-order valence-electron chi connectivity index (χ2n) is 6.29. The fraction of sp³-hybridized carbons (Fsp3) is 0.353. The van der Waals surface area contributed by atoms with E-state index < -0.39 is 10.0 Å². The van der Waals surface area contributed by atoms with Gasteiger partial charge >= 0.3 is 0 Å². The molecule has 0 saturated carbocycles. The van der Waals surface area contributed by atoms with Gasteiger partial charge < -0.3 is 14.6 Å². The summed E-state index contributed by atoms with van der Waals surface area (Å²) in [6.07, 6.45) is 3.12. The average Bonchev–Trinajstić information content (AvgIpc) is 3.10. The summed E-state index contributed by atoms with van der Waals surface area (Å²) < 4.78 is 34.8. The van der Waals surface area contributed by atoms with Crippen LogP contribution in [0.2, 0.25) is 0 Å². The first-order valence-corrected chi connectivity index (χ1v) is 9.59. The Labute approximate surface area is 146 Å². The molecular formula is C17H20N4O3S. The first kappa shape index (κ1) is 16.2. The number of nitrogens with zero attached hydrogens (tertiary/aromatic N) is 3. The number of aryl methyl sites for hydroxylation is 2. The van der Waals surface area contributed by atoms with E-state index in [2.05, 4.69) is 17.2 Å². The molecule has 3 aromatic rings.